The highest BCUT2D eigenvalue weighted by atomic mass is 32.2. The van der Waals surface area contributed by atoms with Gasteiger partial charge in [0.05, 0.1) is 15.9 Å². The van der Waals surface area contributed by atoms with Crippen molar-refractivity contribution in [3.8, 4) is 0 Å². The molecule has 0 atom stereocenters. The molecule has 4 rings (SSSR count). The second kappa shape index (κ2) is 7.99. The molecule has 1 aromatic heterocycles. The average Bonchev–Trinajstić information content (AvgIpc) is 2.71. The van der Waals surface area contributed by atoms with E-state index < -0.39 is 10.0 Å². The largest absolute Gasteiger partial charge is 0.364 e. The predicted octanol–water partition coefficient (Wildman–Crippen LogP) is 4.79. The number of sulfonamides is 1. The molecular weight excluding hydrogens is 384 g/mol. The quantitative estimate of drug-likeness (QED) is 0.632. The minimum Gasteiger partial charge on any atom is -0.364 e. The van der Waals surface area contributed by atoms with Crippen molar-refractivity contribution in [2.75, 3.05) is 10.0 Å². The van der Waals surface area contributed by atoms with Gasteiger partial charge in [0.15, 0.2) is 11.6 Å². The molecule has 6 nitrogen and oxygen atoms in total. The molecule has 1 aliphatic carbocycles. The Kier molecular flexibility index (Phi) is 5.41. The first kappa shape index (κ1) is 19.6. The van der Waals surface area contributed by atoms with Crippen molar-refractivity contribution in [3.63, 3.8) is 0 Å². The number of fused-ring (bicyclic) bond motifs is 1. The van der Waals surface area contributed by atoms with E-state index in [0.717, 1.165) is 23.9 Å². The van der Waals surface area contributed by atoms with Crippen molar-refractivity contribution >= 4 is 32.7 Å². The molecule has 7 heteroatoms. The van der Waals surface area contributed by atoms with Crippen molar-refractivity contribution in [3.05, 3.63) is 53.6 Å². The summed E-state index contributed by atoms with van der Waals surface area (Å²) in [6.45, 7) is 3.67. The average molecular weight is 411 g/mol. The van der Waals surface area contributed by atoms with Gasteiger partial charge in [0.1, 0.15) is 0 Å². The Morgan fingerprint density at radius 3 is 2.24 bits per heavy atom. The Balaban J connectivity index is 1.74. The van der Waals surface area contributed by atoms with Gasteiger partial charge >= 0.3 is 0 Å². The van der Waals surface area contributed by atoms with Gasteiger partial charge in [-0.25, -0.2) is 18.4 Å². The number of nitrogens with zero attached hydrogens (tertiary/aromatic N) is 2. The van der Waals surface area contributed by atoms with Gasteiger partial charge in [0.25, 0.3) is 10.0 Å². The maximum atomic E-state index is 13.1. The van der Waals surface area contributed by atoms with Crippen molar-refractivity contribution < 1.29 is 8.42 Å². The standard InChI is InChI=1S/C22H26N4O2S/c1-15-12-13-16(2)20(14-15)29(27,28)26-22-21(23-17-8-4-3-5-9-17)24-18-10-6-7-11-19(18)25-22/h6-7,10-14,17H,3-5,8-9H2,1-2H3,(H,23,24)(H,25,26). The fourth-order valence-electron chi connectivity index (χ4n) is 3.79. The number of anilines is 2. The first-order valence-corrected chi connectivity index (χ1v) is 11.5. The molecule has 0 radical (unpaired) electrons. The fourth-order valence-corrected chi connectivity index (χ4v) is 5.13. The van der Waals surface area contributed by atoms with Gasteiger partial charge < -0.3 is 5.32 Å². The lowest BCUT2D eigenvalue weighted by Crippen LogP contribution is -2.25. The highest BCUT2D eigenvalue weighted by Gasteiger charge is 2.22. The van der Waals surface area contributed by atoms with E-state index in [9.17, 15) is 8.42 Å². The van der Waals surface area contributed by atoms with E-state index in [1.54, 1.807) is 13.0 Å². The molecule has 0 amide bonds. The molecule has 2 N–H and O–H groups in total. The zero-order chi connectivity index (χ0) is 20.4. The van der Waals surface area contributed by atoms with E-state index in [1.165, 1.54) is 19.3 Å². The Labute approximate surface area is 171 Å². The van der Waals surface area contributed by atoms with Gasteiger partial charge in [-0.15, -0.1) is 0 Å². The maximum absolute atomic E-state index is 13.1. The maximum Gasteiger partial charge on any atom is 0.263 e. The Morgan fingerprint density at radius 2 is 1.55 bits per heavy atom. The van der Waals surface area contributed by atoms with Crippen LogP contribution in [0.1, 0.15) is 43.2 Å². The fraction of sp³-hybridized carbons (Fsp3) is 0.364. The molecule has 0 spiro atoms. The van der Waals surface area contributed by atoms with E-state index in [0.29, 0.717) is 16.9 Å². The van der Waals surface area contributed by atoms with Crippen LogP contribution in [0.3, 0.4) is 0 Å². The number of hydrogen-bond donors (Lipinski definition) is 2. The lowest BCUT2D eigenvalue weighted by molar-refractivity contribution is 0.462. The first-order valence-electron chi connectivity index (χ1n) is 10.1. The summed E-state index contributed by atoms with van der Waals surface area (Å²) < 4.78 is 29.0. The normalized spacial score (nSPS) is 15.4. The molecule has 1 saturated carbocycles. The summed E-state index contributed by atoms with van der Waals surface area (Å²) in [7, 11) is -3.79. The lowest BCUT2D eigenvalue weighted by Gasteiger charge is -2.24. The minimum atomic E-state index is -3.79. The third kappa shape index (κ3) is 4.34. The SMILES string of the molecule is Cc1ccc(C)c(S(=O)(=O)Nc2nc3ccccc3nc2NC2CCCCC2)c1. The van der Waals surface area contributed by atoms with Gasteiger partial charge in [-0.1, -0.05) is 43.5 Å². The van der Waals surface area contributed by atoms with E-state index in [4.69, 9.17) is 0 Å². The summed E-state index contributed by atoms with van der Waals surface area (Å²) in [6.07, 6.45) is 5.69. The minimum absolute atomic E-state index is 0.246. The van der Waals surface area contributed by atoms with Crippen LogP contribution >= 0.6 is 0 Å². The molecule has 0 bridgehead atoms. The van der Waals surface area contributed by atoms with Gasteiger partial charge in [0, 0.05) is 6.04 Å². The van der Waals surface area contributed by atoms with E-state index in [-0.39, 0.29) is 16.8 Å². The smallest absolute Gasteiger partial charge is 0.263 e. The Morgan fingerprint density at radius 1 is 0.897 bits per heavy atom. The van der Waals surface area contributed by atoms with Gasteiger partial charge in [-0.05, 0) is 56.0 Å². The second-order valence-corrected chi connectivity index (χ2v) is 9.41. The predicted molar refractivity (Wildman–Crippen MR) is 117 cm³/mol. The highest BCUT2D eigenvalue weighted by molar-refractivity contribution is 7.92. The number of nitrogens with one attached hydrogen (secondary N) is 2. The molecule has 2 aromatic carbocycles. The Bertz CT molecular complexity index is 1140. The summed E-state index contributed by atoms with van der Waals surface area (Å²) >= 11 is 0. The van der Waals surface area contributed by atoms with Crippen molar-refractivity contribution in [2.45, 2.75) is 56.9 Å². The van der Waals surface area contributed by atoms with Crippen LogP contribution in [0.2, 0.25) is 0 Å². The number of para-hydroxylation sites is 2. The van der Waals surface area contributed by atoms with Crippen LogP contribution in [0, 0.1) is 13.8 Å². The second-order valence-electron chi connectivity index (χ2n) is 7.76. The monoisotopic (exact) mass is 410 g/mol. The van der Waals surface area contributed by atoms with E-state index >= 15 is 0 Å². The molecule has 1 aliphatic rings. The third-order valence-corrected chi connectivity index (χ3v) is 6.86. The van der Waals surface area contributed by atoms with Crippen LogP contribution in [0.4, 0.5) is 11.6 Å². The number of rotatable bonds is 5. The van der Waals surface area contributed by atoms with Crippen molar-refractivity contribution in [1.29, 1.82) is 0 Å². The summed E-state index contributed by atoms with van der Waals surface area (Å²) in [5, 5.41) is 3.44. The number of aryl methyl sites for hydroxylation is 2. The summed E-state index contributed by atoms with van der Waals surface area (Å²) in [5.74, 6) is 0.736. The zero-order valence-electron chi connectivity index (χ0n) is 16.8. The molecule has 29 heavy (non-hydrogen) atoms. The van der Waals surface area contributed by atoms with Gasteiger partial charge in [-0.2, -0.15) is 0 Å². The van der Waals surface area contributed by atoms with Crippen LogP contribution in [0.25, 0.3) is 11.0 Å². The molecule has 0 saturated heterocycles. The van der Waals surface area contributed by atoms with Crippen LogP contribution in [0.5, 0.6) is 0 Å². The molecule has 0 unspecified atom stereocenters. The third-order valence-electron chi connectivity index (χ3n) is 5.38. The first-order chi connectivity index (χ1) is 13.9. The van der Waals surface area contributed by atoms with Gasteiger partial charge in [-0.3, -0.25) is 4.72 Å². The van der Waals surface area contributed by atoms with Crippen LogP contribution in [-0.4, -0.2) is 24.4 Å². The lowest BCUT2D eigenvalue weighted by atomic mass is 9.95. The number of benzene rings is 2. The molecule has 152 valence electrons. The Hall–Kier alpha value is -2.67. The molecule has 1 fully saturated rings. The zero-order valence-corrected chi connectivity index (χ0v) is 17.6. The number of aromatic nitrogens is 2. The van der Waals surface area contributed by atoms with E-state index in [2.05, 4.69) is 20.0 Å². The van der Waals surface area contributed by atoms with Crippen molar-refractivity contribution in [2.24, 2.45) is 0 Å². The summed E-state index contributed by atoms with van der Waals surface area (Å²) in [5.41, 5.74) is 2.97. The topological polar surface area (TPSA) is 84.0 Å². The molecular formula is C22H26N4O2S. The molecule has 1 heterocycles. The van der Waals surface area contributed by atoms with Crippen LogP contribution in [0.15, 0.2) is 47.4 Å². The van der Waals surface area contributed by atoms with Gasteiger partial charge in [0.2, 0.25) is 0 Å². The van der Waals surface area contributed by atoms with Crippen LogP contribution < -0.4 is 10.0 Å². The molecule has 3 aromatic rings. The summed E-state index contributed by atoms with van der Waals surface area (Å²) in [6, 6.07) is 13.2. The molecule has 0 aliphatic heterocycles. The van der Waals surface area contributed by atoms with E-state index in [1.807, 2.05) is 43.3 Å². The highest BCUT2D eigenvalue weighted by Crippen LogP contribution is 2.28. The number of hydrogen-bond acceptors (Lipinski definition) is 5. The summed E-state index contributed by atoms with van der Waals surface area (Å²) in [4.78, 5) is 9.53. The van der Waals surface area contributed by atoms with Crippen molar-refractivity contribution in [1.82, 2.24) is 9.97 Å². The van der Waals surface area contributed by atoms with Crippen LogP contribution in [-0.2, 0) is 10.0 Å².